The van der Waals surface area contributed by atoms with E-state index < -0.39 is 14.0 Å². The number of rotatable bonds is 8. The summed E-state index contributed by atoms with van der Waals surface area (Å²) in [5.41, 5.74) is -0.250. The van der Waals surface area contributed by atoms with E-state index in [1.807, 2.05) is 21.6 Å². The van der Waals surface area contributed by atoms with E-state index in [4.69, 9.17) is 9.16 Å². The van der Waals surface area contributed by atoms with Gasteiger partial charge in [-0.1, -0.05) is 70.1 Å². The van der Waals surface area contributed by atoms with E-state index in [1.165, 1.54) is 4.57 Å². The monoisotopic (exact) mass is 502 g/mol. The maximum atomic E-state index is 12.5. The molecular weight excluding hydrogens is 460 g/mol. The summed E-state index contributed by atoms with van der Waals surface area (Å²) in [4.78, 5) is 26.7. The van der Waals surface area contributed by atoms with Crippen LogP contribution in [-0.2, 0) is 9.16 Å². The molecule has 1 aliphatic rings. The number of H-pyrrole nitrogens is 1. The standard InChI is InChI=1S/C23H42N2O4S2Si/c1-15-13-25(21(27)24-20(15)26)19-12-17(11-16(2)30-31-22(3,4)5)18(29-19)14-28-32(9,10)23(6,7)8/h13,16-19H,11-12,14H2,1-10H3,(H,24,26,27)/t16?,17?,18-,19-/m1/s1. The lowest BCUT2D eigenvalue weighted by Crippen LogP contribution is -2.43. The summed E-state index contributed by atoms with van der Waals surface area (Å²) >= 11 is 0. The van der Waals surface area contributed by atoms with Gasteiger partial charge < -0.3 is 9.16 Å². The third kappa shape index (κ3) is 7.51. The average Bonchev–Trinajstić information content (AvgIpc) is 3.02. The molecule has 1 saturated heterocycles. The van der Waals surface area contributed by atoms with Crippen LogP contribution < -0.4 is 11.2 Å². The van der Waals surface area contributed by atoms with Gasteiger partial charge in [-0.15, -0.1) is 0 Å². The minimum atomic E-state index is -1.92. The average molecular weight is 503 g/mol. The number of nitrogens with one attached hydrogen (secondary N) is 1. The SMILES string of the molecule is Cc1cn([C@H]2CC(CC(C)SSC(C)(C)C)[C@@H](CO[Si](C)(C)C(C)(C)C)O2)c(=O)[nH]c1=O. The van der Waals surface area contributed by atoms with Crippen LogP contribution in [0, 0.1) is 12.8 Å². The van der Waals surface area contributed by atoms with E-state index in [0.29, 0.717) is 17.4 Å². The van der Waals surface area contributed by atoms with Crippen LogP contribution in [0.25, 0.3) is 0 Å². The van der Waals surface area contributed by atoms with Gasteiger partial charge in [-0.2, -0.15) is 0 Å². The largest absolute Gasteiger partial charge is 0.414 e. The highest BCUT2D eigenvalue weighted by molar-refractivity contribution is 8.77. The maximum Gasteiger partial charge on any atom is 0.330 e. The Morgan fingerprint density at radius 1 is 1.25 bits per heavy atom. The highest BCUT2D eigenvalue weighted by atomic mass is 33.1. The molecule has 184 valence electrons. The fourth-order valence-corrected chi connectivity index (χ4v) is 6.77. The van der Waals surface area contributed by atoms with Crippen molar-refractivity contribution in [1.29, 1.82) is 0 Å². The Hall–Kier alpha value is -0.483. The first-order chi connectivity index (χ1) is 14.5. The van der Waals surface area contributed by atoms with E-state index >= 15 is 0 Å². The van der Waals surface area contributed by atoms with Crippen molar-refractivity contribution in [1.82, 2.24) is 9.55 Å². The molecule has 0 spiro atoms. The molecule has 0 aromatic carbocycles. The molecule has 1 aromatic heterocycles. The van der Waals surface area contributed by atoms with Gasteiger partial charge in [0.1, 0.15) is 6.23 Å². The number of aromatic amines is 1. The van der Waals surface area contributed by atoms with Crippen molar-refractivity contribution in [3.63, 3.8) is 0 Å². The van der Waals surface area contributed by atoms with Crippen LogP contribution >= 0.6 is 21.6 Å². The summed E-state index contributed by atoms with van der Waals surface area (Å²) in [6.45, 7) is 22.4. The van der Waals surface area contributed by atoms with E-state index in [9.17, 15) is 9.59 Å². The normalized spacial score (nSPS) is 23.5. The van der Waals surface area contributed by atoms with Gasteiger partial charge in [0.15, 0.2) is 8.32 Å². The molecule has 2 unspecified atom stereocenters. The van der Waals surface area contributed by atoms with Crippen LogP contribution in [0.1, 0.15) is 73.1 Å². The molecule has 0 saturated carbocycles. The molecule has 0 radical (unpaired) electrons. The molecule has 0 bridgehead atoms. The first-order valence-corrected chi connectivity index (χ1v) is 16.6. The maximum absolute atomic E-state index is 12.5. The van der Waals surface area contributed by atoms with Gasteiger partial charge in [-0.05, 0) is 43.8 Å². The highest BCUT2D eigenvalue weighted by Gasteiger charge is 2.42. The van der Waals surface area contributed by atoms with Gasteiger partial charge in [0, 0.05) is 21.8 Å². The molecule has 4 atom stereocenters. The smallest absolute Gasteiger partial charge is 0.330 e. The summed E-state index contributed by atoms with van der Waals surface area (Å²) < 4.78 is 14.7. The second-order valence-corrected chi connectivity index (χ2v) is 19.8. The van der Waals surface area contributed by atoms with E-state index in [0.717, 1.165) is 12.8 Å². The number of ether oxygens (including phenoxy) is 1. The van der Waals surface area contributed by atoms with Crippen LogP contribution in [0.3, 0.4) is 0 Å². The molecule has 6 nitrogen and oxygen atoms in total. The minimum Gasteiger partial charge on any atom is -0.414 e. The summed E-state index contributed by atoms with van der Waals surface area (Å²) in [6, 6.07) is 0. The van der Waals surface area contributed by atoms with Gasteiger partial charge >= 0.3 is 5.69 Å². The predicted molar refractivity (Wildman–Crippen MR) is 140 cm³/mol. The Morgan fingerprint density at radius 3 is 2.44 bits per heavy atom. The number of hydrogen-bond donors (Lipinski definition) is 1. The molecule has 0 aliphatic carbocycles. The number of aryl methyl sites for hydroxylation is 1. The Morgan fingerprint density at radius 2 is 1.88 bits per heavy atom. The zero-order valence-electron chi connectivity index (χ0n) is 21.4. The highest BCUT2D eigenvalue weighted by Crippen LogP contribution is 2.44. The summed E-state index contributed by atoms with van der Waals surface area (Å²) in [5, 5.41) is 0.580. The molecule has 2 heterocycles. The Labute approximate surface area is 202 Å². The first kappa shape index (κ1) is 27.8. The van der Waals surface area contributed by atoms with Crippen molar-refractivity contribution in [2.24, 2.45) is 5.92 Å². The van der Waals surface area contributed by atoms with Crippen molar-refractivity contribution in [2.45, 2.75) is 109 Å². The molecule has 0 amide bonds. The number of hydrogen-bond acceptors (Lipinski definition) is 6. The third-order valence-corrected chi connectivity index (χ3v) is 14.7. The van der Waals surface area contributed by atoms with E-state index in [2.05, 4.69) is 66.5 Å². The van der Waals surface area contributed by atoms with Crippen molar-refractivity contribution < 1.29 is 9.16 Å². The first-order valence-electron chi connectivity index (χ1n) is 11.5. The summed E-state index contributed by atoms with van der Waals surface area (Å²) in [7, 11) is 1.91. The second-order valence-electron chi connectivity index (χ2n) is 11.5. The van der Waals surface area contributed by atoms with Crippen LogP contribution in [0.15, 0.2) is 15.8 Å². The Balaban J connectivity index is 2.20. The van der Waals surface area contributed by atoms with Crippen molar-refractivity contribution in [3.05, 3.63) is 32.6 Å². The van der Waals surface area contributed by atoms with Crippen molar-refractivity contribution in [2.75, 3.05) is 6.61 Å². The van der Waals surface area contributed by atoms with Gasteiger partial charge in [0.2, 0.25) is 0 Å². The summed E-state index contributed by atoms with van der Waals surface area (Å²) in [5.74, 6) is 0.284. The Bertz CT molecular complexity index is 886. The molecule has 2 rings (SSSR count). The van der Waals surface area contributed by atoms with Gasteiger partial charge in [-0.25, -0.2) is 4.79 Å². The quantitative estimate of drug-likeness (QED) is 0.361. The van der Waals surface area contributed by atoms with Crippen molar-refractivity contribution in [3.8, 4) is 0 Å². The van der Waals surface area contributed by atoms with Crippen LogP contribution in [-0.4, -0.2) is 40.6 Å². The molecule has 1 aromatic rings. The molecule has 1 aliphatic heterocycles. The fourth-order valence-electron chi connectivity index (χ4n) is 3.38. The lowest BCUT2D eigenvalue weighted by Gasteiger charge is -2.37. The van der Waals surface area contributed by atoms with Crippen LogP contribution in [0.5, 0.6) is 0 Å². The van der Waals surface area contributed by atoms with E-state index in [1.54, 1.807) is 13.1 Å². The molecule has 9 heteroatoms. The zero-order chi connectivity index (χ0) is 24.5. The topological polar surface area (TPSA) is 73.3 Å². The second kappa shape index (κ2) is 10.4. The molecule has 1 N–H and O–H groups in total. The van der Waals surface area contributed by atoms with Gasteiger partial charge in [-0.3, -0.25) is 14.3 Å². The third-order valence-electron chi connectivity index (χ3n) is 6.33. The summed E-state index contributed by atoms with van der Waals surface area (Å²) in [6.07, 6.45) is 2.89. The van der Waals surface area contributed by atoms with Gasteiger partial charge in [0.25, 0.3) is 5.56 Å². The predicted octanol–water partition coefficient (Wildman–Crippen LogP) is 5.73. The molecule has 1 fully saturated rings. The van der Waals surface area contributed by atoms with Crippen molar-refractivity contribution >= 4 is 29.9 Å². The lowest BCUT2D eigenvalue weighted by atomic mass is 9.95. The van der Waals surface area contributed by atoms with Crippen LogP contribution in [0.4, 0.5) is 0 Å². The van der Waals surface area contributed by atoms with E-state index in [-0.39, 0.29) is 33.6 Å². The molecular formula is C23H42N2O4S2Si. The van der Waals surface area contributed by atoms with Crippen LogP contribution in [0.2, 0.25) is 18.1 Å². The molecule has 32 heavy (non-hydrogen) atoms. The number of nitrogens with zero attached hydrogens (tertiary/aromatic N) is 1. The van der Waals surface area contributed by atoms with Gasteiger partial charge in [0.05, 0.1) is 12.7 Å². The minimum absolute atomic E-state index is 0.0732. The number of aromatic nitrogens is 2. The Kier molecular flexibility index (Phi) is 9.04. The zero-order valence-corrected chi connectivity index (χ0v) is 24.0. The lowest BCUT2D eigenvalue weighted by molar-refractivity contribution is -0.0306. The fraction of sp³-hybridized carbons (Fsp3) is 0.826.